The molecule has 0 aliphatic carbocycles. The lowest BCUT2D eigenvalue weighted by molar-refractivity contribution is -0.129. The van der Waals surface area contributed by atoms with E-state index < -0.39 is 11.0 Å². The smallest absolute Gasteiger partial charge is 0.219 e. The van der Waals surface area contributed by atoms with Gasteiger partial charge in [0, 0.05) is 44.8 Å². The molecule has 1 aliphatic heterocycles. The van der Waals surface area contributed by atoms with E-state index in [1.165, 1.54) is 5.69 Å². The first-order valence-corrected chi connectivity index (χ1v) is 9.62. The number of hydrogen-bond acceptors (Lipinski definition) is 3. The standard InChI is InChI=1S/C18H29N3O2S/c1-14(19-24(23)18(3,4)5)16-6-8-17(9-7-16)21-12-10-20(11-13-21)15(2)22/h6-9,14,19H,10-13H2,1-5H3/t14-,24-/m0/s1. The fourth-order valence-electron chi connectivity index (χ4n) is 2.66. The van der Waals surface area contributed by atoms with Crippen molar-refractivity contribution >= 4 is 22.6 Å². The van der Waals surface area contributed by atoms with E-state index in [0.717, 1.165) is 31.7 Å². The van der Waals surface area contributed by atoms with Gasteiger partial charge in [0.1, 0.15) is 0 Å². The largest absolute Gasteiger partial charge is 0.368 e. The minimum Gasteiger partial charge on any atom is -0.368 e. The summed E-state index contributed by atoms with van der Waals surface area (Å²) in [4.78, 5) is 15.6. The first-order chi connectivity index (χ1) is 11.2. The Morgan fingerprint density at radius 1 is 1.12 bits per heavy atom. The Balaban J connectivity index is 1.96. The van der Waals surface area contributed by atoms with Crippen LogP contribution in [0.5, 0.6) is 0 Å². The predicted molar refractivity (Wildman–Crippen MR) is 100 cm³/mol. The molecule has 1 aliphatic rings. The maximum atomic E-state index is 12.2. The Labute approximate surface area is 148 Å². The molecule has 1 heterocycles. The normalized spacial score (nSPS) is 18.4. The summed E-state index contributed by atoms with van der Waals surface area (Å²) in [7, 11) is -1.08. The van der Waals surface area contributed by atoms with Gasteiger partial charge in [0.25, 0.3) is 0 Å². The second-order valence-corrected chi connectivity index (χ2v) is 9.30. The van der Waals surface area contributed by atoms with Gasteiger partial charge in [0.05, 0.1) is 15.7 Å². The summed E-state index contributed by atoms with van der Waals surface area (Å²) in [5, 5.41) is 0. The highest BCUT2D eigenvalue weighted by Gasteiger charge is 2.22. The van der Waals surface area contributed by atoms with Gasteiger partial charge < -0.3 is 9.80 Å². The van der Waals surface area contributed by atoms with Crippen LogP contribution < -0.4 is 9.62 Å². The van der Waals surface area contributed by atoms with E-state index in [2.05, 4.69) is 33.9 Å². The SMILES string of the molecule is CC(=O)N1CCN(c2ccc([C@H](C)N[S@@](=O)C(C)(C)C)cc2)CC1. The van der Waals surface area contributed by atoms with Gasteiger partial charge in [0.2, 0.25) is 5.91 Å². The van der Waals surface area contributed by atoms with E-state index in [4.69, 9.17) is 0 Å². The summed E-state index contributed by atoms with van der Waals surface area (Å²) in [5.41, 5.74) is 2.30. The van der Waals surface area contributed by atoms with Crippen LogP contribution in [-0.2, 0) is 15.8 Å². The van der Waals surface area contributed by atoms with Gasteiger partial charge in [-0.3, -0.25) is 4.79 Å². The van der Waals surface area contributed by atoms with Crippen LogP contribution in [0.3, 0.4) is 0 Å². The first-order valence-electron chi connectivity index (χ1n) is 8.47. The van der Waals surface area contributed by atoms with Gasteiger partial charge in [0.15, 0.2) is 0 Å². The average molecular weight is 352 g/mol. The van der Waals surface area contributed by atoms with E-state index in [1.807, 2.05) is 32.6 Å². The molecule has 0 aromatic heterocycles. The number of benzene rings is 1. The number of anilines is 1. The molecule has 0 bridgehead atoms. The predicted octanol–water partition coefficient (Wildman–Crippen LogP) is 2.47. The highest BCUT2D eigenvalue weighted by atomic mass is 32.2. The summed E-state index contributed by atoms with van der Waals surface area (Å²) in [6, 6.07) is 8.43. The summed E-state index contributed by atoms with van der Waals surface area (Å²) in [6.07, 6.45) is 0. The van der Waals surface area contributed by atoms with Gasteiger partial charge in [-0.15, -0.1) is 0 Å². The number of hydrogen-bond donors (Lipinski definition) is 1. The Kier molecular flexibility index (Phi) is 6.04. The molecule has 2 rings (SSSR count). The molecule has 134 valence electrons. The zero-order chi connectivity index (χ0) is 17.9. The van der Waals surface area contributed by atoms with Gasteiger partial charge in [-0.2, -0.15) is 0 Å². The zero-order valence-electron chi connectivity index (χ0n) is 15.3. The molecule has 6 heteroatoms. The molecule has 0 saturated carbocycles. The minimum atomic E-state index is -1.08. The number of carbonyl (C=O) groups excluding carboxylic acids is 1. The Bertz CT molecular complexity index is 587. The molecular formula is C18H29N3O2S. The van der Waals surface area contributed by atoms with Crippen molar-refractivity contribution in [2.45, 2.75) is 45.4 Å². The second kappa shape index (κ2) is 7.66. The van der Waals surface area contributed by atoms with E-state index >= 15 is 0 Å². The van der Waals surface area contributed by atoms with Gasteiger partial charge >= 0.3 is 0 Å². The van der Waals surface area contributed by atoms with Crippen LogP contribution in [0.2, 0.25) is 0 Å². The average Bonchev–Trinajstić information content (AvgIpc) is 2.54. The van der Waals surface area contributed by atoms with E-state index in [9.17, 15) is 9.00 Å². The molecule has 1 aromatic rings. The lowest BCUT2D eigenvalue weighted by Crippen LogP contribution is -2.48. The molecular weight excluding hydrogens is 322 g/mol. The van der Waals surface area contributed by atoms with Gasteiger partial charge in [-0.1, -0.05) is 12.1 Å². The van der Waals surface area contributed by atoms with Gasteiger partial charge in [-0.05, 0) is 45.4 Å². The second-order valence-electron chi connectivity index (χ2n) is 7.31. The molecule has 0 radical (unpaired) electrons. The molecule has 1 aromatic carbocycles. The Hall–Kier alpha value is -1.40. The molecule has 1 fully saturated rings. The van der Waals surface area contributed by atoms with Crippen LogP contribution in [0.4, 0.5) is 5.69 Å². The van der Waals surface area contributed by atoms with Crippen molar-refractivity contribution in [2.24, 2.45) is 0 Å². The molecule has 24 heavy (non-hydrogen) atoms. The highest BCUT2D eigenvalue weighted by Crippen LogP contribution is 2.22. The van der Waals surface area contributed by atoms with E-state index in [-0.39, 0.29) is 16.7 Å². The monoisotopic (exact) mass is 351 g/mol. The fourth-order valence-corrected chi connectivity index (χ4v) is 3.47. The third-order valence-electron chi connectivity index (χ3n) is 4.32. The van der Waals surface area contributed by atoms with Crippen LogP contribution in [-0.4, -0.2) is 45.9 Å². The summed E-state index contributed by atoms with van der Waals surface area (Å²) in [5.74, 6) is 0.150. The number of nitrogens with zero attached hydrogens (tertiary/aromatic N) is 2. The maximum absolute atomic E-state index is 12.2. The third-order valence-corrected chi connectivity index (χ3v) is 6.00. The molecule has 1 saturated heterocycles. The molecule has 2 atom stereocenters. The molecule has 5 nitrogen and oxygen atoms in total. The van der Waals surface area contributed by atoms with Crippen LogP contribution in [0.15, 0.2) is 24.3 Å². The highest BCUT2D eigenvalue weighted by molar-refractivity contribution is 7.84. The van der Waals surface area contributed by atoms with E-state index in [1.54, 1.807) is 6.92 Å². The zero-order valence-corrected chi connectivity index (χ0v) is 16.2. The maximum Gasteiger partial charge on any atom is 0.219 e. The Morgan fingerprint density at radius 2 is 1.67 bits per heavy atom. The van der Waals surface area contributed by atoms with Crippen molar-refractivity contribution in [1.82, 2.24) is 9.62 Å². The summed E-state index contributed by atoms with van der Waals surface area (Å²) in [6.45, 7) is 12.8. The number of nitrogens with one attached hydrogen (secondary N) is 1. The fraction of sp³-hybridized carbons (Fsp3) is 0.611. The van der Waals surface area contributed by atoms with Crippen molar-refractivity contribution in [3.8, 4) is 0 Å². The number of rotatable bonds is 4. The number of piperazine rings is 1. The molecule has 0 spiro atoms. The lowest BCUT2D eigenvalue weighted by Gasteiger charge is -2.35. The number of amides is 1. The van der Waals surface area contributed by atoms with Crippen molar-refractivity contribution in [2.75, 3.05) is 31.1 Å². The van der Waals surface area contributed by atoms with Crippen molar-refractivity contribution in [1.29, 1.82) is 0 Å². The number of carbonyl (C=O) groups is 1. The lowest BCUT2D eigenvalue weighted by atomic mass is 10.1. The summed E-state index contributed by atoms with van der Waals surface area (Å²) < 4.78 is 15.1. The van der Waals surface area contributed by atoms with Crippen LogP contribution in [0.1, 0.15) is 46.2 Å². The minimum absolute atomic E-state index is 0.0358. The summed E-state index contributed by atoms with van der Waals surface area (Å²) >= 11 is 0. The Morgan fingerprint density at radius 3 is 2.12 bits per heavy atom. The first kappa shape index (κ1) is 18.9. The van der Waals surface area contributed by atoms with Crippen LogP contribution in [0, 0.1) is 0 Å². The van der Waals surface area contributed by atoms with Crippen molar-refractivity contribution < 1.29 is 9.00 Å². The third kappa shape index (κ3) is 4.80. The van der Waals surface area contributed by atoms with E-state index in [0.29, 0.717) is 0 Å². The molecule has 1 amide bonds. The molecule has 0 unspecified atom stereocenters. The van der Waals surface area contributed by atoms with Crippen LogP contribution in [0.25, 0.3) is 0 Å². The quantitative estimate of drug-likeness (QED) is 0.907. The van der Waals surface area contributed by atoms with Gasteiger partial charge in [-0.25, -0.2) is 8.93 Å². The van der Waals surface area contributed by atoms with Crippen molar-refractivity contribution in [3.05, 3.63) is 29.8 Å². The van der Waals surface area contributed by atoms with Crippen LogP contribution >= 0.6 is 0 Å². The molecule has 1 N–H and O–H groups in total. The topological polar surface area (TPSA) is 52.7 Å². The van der Waals surface area contributed by atoms with Crippen molar-refractivity contribution in [3.63, 3.8) is 0 Å².